The van der Waals surface area contributed by atoms with Crippen molar-refractivity contribution in [1.82, 2.24) is 5.32 Å². The van der Waals surface area contributed by atoms with Gasteiger partial charge in [0.05, 0.1) is 6.10 Å². The Kier molecular flexibility index (Phi) is 4.51. The van der Waals surface area contributed by atoms with Gasteiger partial charge in [0.25, 0.3) is 0 Å². The standard InChI is InChI=1S/C14H23NO/c1-9(2)13(15-5)14(16)12-8-10(3)6-7-11(12)4/h6-9,13-16H,1-5H3. The Bertz CT molecular complexity index is 347. The fraction of sp³-hybridized carbons (Fsp3) is 0.571. The van der Waals surface area contributed by atoms with Crippen molar-refractivity contribution in [2.24, 2.45) is 5.92 Å². The lowest BCUT2D eigenvalue weighted by atomic mass is 9.90. The third kappa shape index (κ3) is 2.83. The average molecular weight is 221 g/mol. The lowest BCUT2D eigenvalue weighted by molar-refractivity contribution is 0.109. The third-order valence-corrected chi connectivity index (χ3v) is 3.15. The number of aliphatic hydroxyl groups excluding tert-OH is 1. The molecule has 2 heteroatoms. The number of aryl methyl sites for hydroxylation is 2. The van der Waals surface area contributed by atoms with Crippen molar-refractivity contribution in [1.29, 1.82) is 0 Å². The van der Waals surface area contributed by atoms with Crippen LogP contribution in [0.5, 0.6) is 0 Å². The first-order chi connectivity index (χ1) is 7.47. The molecule has 2 N–H and O–H groups in total. The van der Waals surface area contributed by atoms with Crippen LogP contribution in [-0.4, -0.2) is 18.2 Å². The first-order valence-corrected chi connectivity index (χ1v) is 5.89. The Balaban J connectivity index is 3.02. The van der Waals surface area contributed by atoms with Crippen LogP contribution >= 0.6 is 0 Å². The van der Waals surface area contributed by atoms with Gasteiger partial charge in [-0.2, -0.15) is 0 Å². The number of hydrogen-bond donors (Lipinski definition) is 2. The molecular weight excluding hydrogens is 198 g/mol. The summed E-state index contributed by atoms with van der Waals surface area (Å²) in [5.41, 5.74) is 3.38. The van der Waals surface area contributed by atoms with Crippen LogP contribution in [-0.2, 0) is 0 Å². The van der Waals surface area contributed by atoms with E-state index in [4.69, 9.17) is 0 Å². The molecule has 0 aromatic heterocycles. The van der Waals surface area contributed by atoms with Crippen molar-refractivity contribution in [3.8, 4) is 0 Å². The van der Waals surface area contributed by atoms with E-state index < -0.39 is 6.10 Å². The van der Waals surface area contributed by atoms with Crippen LogP contribution in [0.1, 0.15) is 36.6 Å². The van der Waals surface area contributed by atoms with Crippen molar-refractivity contribution < 1.29 is 5.11 Å². The molecule has 0 radical (unpaired) electrons. The zero-order valence-corrected chi connectivity index (χ0v) is 10.9. The molecule has 0 aliphatic rings. The van der Waals surface area contributed by atoms with Crippen molar-refractivity contribution in [3.05, 3.63) is 34.9 Å². The molecule has 0 aliphatic carbocycles. The SMILES string of the molecule is CNC(C(C)C)C(O)c1cc(C)ccc1C. The second kappa shape index (κ2) is 5.46. The summed E-state index contributed by atoms with van der Waals surface area (Å²) in [4.78, 5) is 0. The predicted octanol–water partition coefficient (Wildman–Crippen LogP) is 2.58. The lowest BCUT2D eigenvalue weighted by Crippen LogP contribution is -2.37. The largest absolute Gasteiger partial charge is 0.387 e. The molecule has 1 aromatic carbocycles. The van der Waals surface area contributed by atoms with Gasteiger partial charge in [0, 0.05) is 6.04 Å². The Morgan fingerprint density at radius 2 is 1.81 bits per heavy atom. The van der Waals surface area contributed by atoms with E-state index in [-0.39, 0.29) is 6.04 Å². The Morgan fingerprint density at radius 1 is 1.19 bits per heavy atom. The summed E-state index contributed by atoms with van der Waals surface area (Å²) in [7, 11) is 1.90. The molecular formula is C14H23NO. The number of rotatable bonds is 4. The molecule has 0 amide bonds. The van der Waals surface area contributed by atoms with Gasteiger partial charge in [-0.25, -0.2) is 0 Å². The molecule has 0 aliphatic heterocycles. The number of likely N-dealkylation sites (N-methyl/N-ethyl adjacent to an activating group) is 1. The van der Waals surface area contributed by atoms with Crippen LogP contribution in [0.15, 0.2) is 18.2 Å². The molecule has 90 valence electrons. The van der Waals surface area contributed by atoms with Gasteiger partial charge in [-0.1, -0.05) is 37.6 Å². The predicted molar refractivity (Wildman–Crippen MR) is 68.6 cm³/mol. The van der Waals surface area contributed by atoms with Crippen molar-refractivity contribution >= 4 is 0 Å². The lowest BCUT2D eigenvalue weighted by Gasteiger charge is -2.27. The summed E-state index contributed by atoms with van der Waals surface area (Å²) in [6.45, 7) is 8.34. The van der Waals surface area contributed by atoms with Gasteiger partial charge < -0.3 is 10.4 Å². The number of aliphatic hydroxyl groups is 1. The van der Waals surface area contributed by atoms with Crippen molar-refractivity contribution in [2.75, 3.05) is 7.05 Å². The van der Waals surface area contributed by atoms with E-state index in [0.29, 0.717) is 5.92 Å². The number of nitrogens with one attached hydrogen (secondary N) is 1. The molecule has 0 heterocycles. The van der Waals surface area contributed by atoms with Crippen LogP contribution in [0.25, 0.3) is 0 Å². The molecule has 2 unspecified atom stereocenters. The molecule has 0 spiro atoms. The van der Waals surface area contributed by atoms with E-state index >= 15 is 0 Å². The van der Waals surface area contributed by atoms with E-state index in [9.17, 15) is 5.11 Å². The Morgan fingerprint density at radius 3 is 2.31 bits per heavy atom. The number of benzene rings is 1. The second-order valence-corrected chi connectivity index (χ2v) is 4.86. The quantitative estimate of drug-likeness (QED) is 0.819. The molecule has 2 nitrogen and oxygen atoms in total. The summed E-state index contributed by atoms with van der Waals surface area (Å²) in [5, 5.41) is 13.6. The zero-order chi connectivity index (χ0) is 12.3. The van der Waals surface area contributed by atoms with Crippen molar-refractivity contribution in [3.63, 3.8) is 0 Å². The van der Waals surface area contributed by atoms with Gasteiger partial charge in [-0.15, -0.1) is 0 Å². The van der Waals surface area contributed by atoms with E-state index in [1.165, 1.54) is 5.56 Å². The molecule has 0 saturated carbocycles. The molecule has 1 rings (SSSR count). The minimum absolute atomic E-state index is 0.0977. The summed E-state index contributed by atoms with van der Waals surface area (Å²) < 4.78 is 0. The number of hydrogen-bond acceptors (Lipinski definition) is 2. The van der Waals surface area contributed by atoms with Crippen LogP contribution in [0, 0.1) is 19.8 Å². The van der Waals surface area contributed by atoms with E-state index in [0.717, 1.165) is 11.1 Å². The molecule has 1 aromatic rings. The maximum Gasteiger partial charge on any atom is 0.0948 e. The van der Waals surface area contributed by atoms with Crippen molar-refractivity contribution in [2.45, 2.75) is 39.8 Å². The van der Waals surface area contributed by atoms with Crippen LogP contribution in [0.4, 0.5) is 0 Å². The van der Waals surface area contributed by atoms with Gasteiger partial charge in [-0.05, 0) is 37.9 Å². The first-order valence-electron chi connectivity index (χ1n) is 5.89. The smallest absolute Gasteiger partial charge is 0.0948 e. The Labute approximate surface area is 98.7 Å². The summed E-state index contributed by atoms with van der Waals surface area (Å²) in [5.74, 6) is 0.403. The molecule has 0 saturated heterocycles. The average Bonchev–Trinajstić information content (AvgIpc) is 2.22. The molecule has 16 heavy (non-hydrogen) atoms. The van der Waals surface area contributed by atoms with Gasteiger partial charge in [0.15, 0.2) is 0 Å². The summed E-state index contributed by atoms with van der Waals surface area (Å²) in [6.07, 6.45) is -0.440. The maximum absolute atomic E-state index is 10.4. The van der Waals surface area contributed by atoms with Crippen LogP contribution < -0.4 is 5.32 Å². The fourth-order valence-corrected chi connectivity index (χ4v) is 2.13. The van der Waals surface area contributed by atoms with Crippen LogP contribution in [0.2, 0.25) is 0 Å². The highest BCUT2D eigenvalue weighted by molar-refractivity contribution is 5.33. The molecule has 0 bridgehead atoms. The van der Waals surface area contributed by atoms with E-state index in [1.54, 1.807) is 0 Å². The highest BCUT2D eigenvalue weighted by Crippen LogP contribution is 2.25. The minimum atomic E-state index is -0.440. The second-order valence-electron chi connectivity index (χ2n) is 4.86. The molecule has 2 atom stereocenters. The third-order valence-electron chi connectivity index (χ3n) is 3.15. The monoisotopic (exact) mass is 221 g/mol. The fourth-order valence-electron chi connectivity index (χ4n) is 2.13. The highest BCUT2D eigenvalue weighted by Gasteiger charge is 2.23. The van der Waals surface area contributed by atoms with Crippen LogP contribution in [0.3, 0.4) is 0 Å². The highest BCUT2D eigenvalue weighted by atomic mass is 16.3. The zero-order valence-electron chi connectivity index (χ0n) is 10.9. The molecule has 0 fully saturated rings. The normalized spacial score (nSPS) is 15.2. The topological polar surface area (TPSA) is 32.3 Å². The Hall–Kier alpha value is -0.860. The summed E-state index contributed by atoms with van der Waals surface area (Å²) in [6, 6.07) is 6.32. The van der Waals surface area contributed by atoms with Gasteiger partial charge in [0.1, 0.15) is 0 Å². The minimum Gasteiger partial charge on any atom is -0.387 e. The van der Waals surface area contributed by atoms with Gasteiger partial charge in [0.2, 0.25) is 0 Å². The van der Waals surface area contributed by atoms with Gasteiger partial charge >= 0.3 is 0 Å². The van der Waals surface area contributed by atoms with E-state index in [1.807, 2.05) is 14.0 Å². The van der Waals surface area contributed by atoms with E-state index in [2.05, 4.69) is 44.3 Å². The maximum atomic E-state index is 10.4. The van der Waals surface area contributed by atoms with Gasteiger partial charge in [-0.3, -0.25) is 0 Å². The first kappa shape index (κ1) is 13.2. The summed E-state index contributed by atoms with van der Waals surface area (Å²) >= 11 is 0.